The third-order valence-corrected chi connectivity index (χ3v) is 6.42. The number of benzene rings is 2. The van der Waals surface area contributed by atoms with Crippen molar-refractivity contribution in [3.8, 4) is 0 Å². The van der Waals surface area contributed by atoms with Crippen molar-refractivity contribution >= 4 is 18.3 Å². The summed E-state index contributed by atoms with van der Waals surface area (Å²) in [5, 5.41) is 3.09. The Morgan fingerprint density at radius 3 is 2.52 bits per heavy atom. The maximum absolute atomic E-state index is 12.4. The van der Waals surface area contributed by atoms with E-state index < -0.39 is 0 Å². The summed E-state index contributed by atoms with van der Waals surface area (Å²) in [6, 6.07) is 19.5. The summed E-state index contributed by atoms with van der Waals surface area (Å²) in [6.45, 7) is 6.60. The standard InChI is InChI=1S/C24H31N3O.ClH/c1-18-8-6-7-11-21(18)24-22-16-27(15-20(22)14-26(24)2)17-23(28)25-13-12-19-9-4-3-5-10-19;/h3-11,20,22,24H,12-17H2,1-2H3,(H,25,28);1H/t20-,22+,24-;/m0./s1. The fourth-order valence-electron chi connectivity index (χ4n) is 5.12. The molecule has 156 valence electrons. The van der Waals surface area contributed by atoms with Crippen LogP contribution in [0.2, 0.25) is 0 Å². The van der Waals surface area contributed by atoms with E-state index in [1.54, 1.807) is 0 Å². The number of likely N-dealkylation sites (tertiary alicyclic amines) is 2. The largest absolute Gasteiger partial charge is 0.355 e. The quantitative estimate of drug-likeness (QED) is 0.789. The molecule has 0 unspecified atom stereocenters. The van der Waals surface area contributed by atoms with Crippen LogP contribution in [-0.2, 0) is 11.2 Å². The molecular weight excluding hydrogens is 382 g/mol. The molecule has 0 aromatic heterocycles. The molecule has 1 amide bonds. The van der Waals surface area contributed by atoms with Crippen LogP contribution < -0.4 is 5.32 Å². The van der Waals surface area contributed by atoms with Crippen molar-refractivity contribution in [1.82, 2.24) is 15.1 Å². The molecule has 3 atom stereocenters. The van der Waals surface area contributed by atoms with Crippen molar-refractivity contribution in [2.24, 2.45) is 11.8 Å². The van der Waals surface area contributed by atoms with E-state index >= 15 is 0 Å². The molecule has 2 aromatic carbocycles. The van der Waals surface area contributed by atoms with Gasteiger partial charge in [-0.05, 0) is 48.9 Å². The zero-order valence-corrected chi connectivity index (χ0v) is 18.2. The monoisotopic (exact) mass is 413 g/mol. The van der Waals surface area contributed by atoms with Gasteiger partial charge in [0.05, 0.1) is 6.54 Å². The molecular formula is C24H32ClN3O. The summed E-state index contributed by atoms with van der Waals surface area (Å²) >= 11 is 0. The lowest BCUT2D eigenvalue weighted by atomic mass is 9.88. The maximum Gasteiger partial charge on any atom is 0.234 e. The highest BCUT2D eigenvalue weighted by Gasteiger charge is 2.46. The van der Waals surface area contributed by atoms with E-state index in [2.05, 4.69) is 65.5 Å². The molecule has 2 heterocycles. The summed E-state index contributed by atoms with van der Waals surface area (Å²) < 4.78 is 0. The number of amides is 1. The van der Waals surface area contributed by atoms with Crippen molar-refractivity contribution < 1.29 is 4.79 Å². The lowest BCUT2D eigenvalue weighted by Crippen LogP contribution is -2.38. The molecule has 0 bridgehead atoms. The number of halogens is 1. The van der Waals surface area contributed by atoms with Crippen LogP contribution >= 0.6 is 12.4 Å². The molecule has 1 N–H and O–H groups in total. The molecule has 0 spiro atoms. The van der Waals surface area contributed by atoms with E-state index in [1.165, 1.54) is 16.7 Å². The summed E-state index contributed by atoms with van der Waals surface area (Å²) in [4.78, 5) is 17.3. The minimum absolute atomic E-state index is 0. The summed E-state index contributed by atoms with van der Waals surface area (Å²) in [5.74, 6) is 1.42. The molecule has 5 heteroatoms. The minimum atomic E-state index is 0. The third kappa shape index (κ3) is 5.00. The van der Waals surface area contributed by atoms with E-state index in [0.29, 0.717) is 31.0 Å². The first-order chi connectivity index (χ1) is 13.6. The molecule has 2 aliphatic heterocycles. The molecule has 0 radical (unpaired) electrons. The van der Waals surface area contributed by atoms with Gasteiger partial charge in [-0.2, -0.15) is 0 Å². The van der Waals surface area contributed by atoms with Crippen LogP contribution in [0.4, 0.5) is 0 Å². The van der Waals surface area contributed by atoms with E-state index in [9.17, 15) is 4.79 Å². The number of rotatable bonds is 6. The van der Waals surface area contributed by atoms with Crippen LogP contribution in [0.25, 0.3) is 0 Å². The zero-order valence-electron chi connectivity index (χ0n) is 17.4. The number of aryl methyl sites for hydroxylation is 1. The average Bonchev–Trinajstić information content (AvgIpc) is 3.19. The highest BCUT2D eigenvalue weighted by Crippen LogP contribution is 2.44. The Morgan fingerprint density at radius 1 is 1.03 bits per heavy atom. The topological polar surface area (TPSA) is 35.6 Å². The first-order valence-electron chi connectivity index (χ1n) is 10.4. The Labute approximate surface area is 180 Å². The van der Waals surface area contributed by atoms with Crippen molar-refractivity contribution in [1.29, 1.82) is 0 Å². The summed E-state index contributed by atoms with van der Waals surface area (Å²) in [6.07, 6.45) is 0.887. The van der Waals surface area contributed by atoms with E-state index in [4.69, 9.17) is 0 Å². The molecule has 2 fully saturated rings. The van der Waals surface area contributed by atoms with Gasteiger partial charge in [0.2, 0.25) is 5.91 Å². The number of hydrogen-bond donors (Lipinski definition) is 1. The van der Waals surface area contributed by atoms with E-state index in [0.717, 1.165) is 26.1 Å². The van der Waals surface area contributed by atoms with Gasteiger partial charge in [-0.1, -0.05) is 54.6 Å². The third-order valence-electron chi connectivity index (χ3n) is 6.42. The first-order valence-corrected chi connectivity index (χ1v) is 10.4. The van der Waals surface area contributed by atoms with E-state index in [1.807, 2.05) is 18.2 Å². The van der Waals surface area contributed by atoms with Gasteiger partial charge in [-0.25, -0.2) is 0 Å². The van der Waals surface area contributed by atoms with Gasteiger partial charge in [-0.3, -0.25) is 14.6 Å². The Kier molecular flexibility index (Phi) is 7.33. The highest BCUT2D eigenvalue weighted by atomic mass is 35.5. The number of nitrogens with zero attached hydrogens (tertiary/aromatic N) is 2. The van der Waals surface area contributed by atoms with Gasteiger partial charge in [0.25, 0.3) is 0 Å². The van der Waals surface area contributed by atoms with Crippen LogP contribution in [0.1, 0.15) is 22.7 Å². The number of nitrogens with one attached hydrogen (secondary N) is 1. The summed E-state index contributed by atoms with van der Waals surface area (Å²) in [5.41, 5.74) is 4.09. The van der Waals surface area contributed by atoms with Crippen LogP contribution in [0.3, 0.4) is 0 Å². The number of fused-ring (bicyclic) bond motifs is 1. The zero-order chi connectivity index (χ0) is 19.5. The molecule has 29 heavy (non-hydrogen) atoms. The Bertz CT molecular complexity index is 813. The Hall–Kier alpha value is -1.88. The Morgan fingerprint density at radius 2 is 1.76 bits per heavy atom. The molecule has 0 saturated carbocycles. The second-order valence-electron chi connectivity index (χ2n) is 8.44. The molecule has 2 aromatic rings. The average molecular weight is 414 g/mol. The molecule has 2 aliphatic rings. The lowest BCUT2D eigenvalue weighted by Gasteiger charge is -2.28. The fourth-order valence-corrected chi connectivity index (χ4v) is 5.12. The number of carbonyl (C=O) groups is 1. The normalized spacial score (nSPS) is 24.1. The summed E-state index contributed by atoms with van der Waals surface area (Å²) in [7, 11) is 2.25. The SMILES string of the molecule is Cc1ccccc1[C@H]1[C@@H]2CN(CC(=O)NCCc3ccccc3)C[C@@H]2CN1C.Cl. The smallest absolute Gasteiger partial charge is 0.234 e. The van der Waals surface area contributed by atoms with Gasteiger partial charge in [0.1, 0.15) is 0 Å². The number of hydrogen-bond acceptors (Lipinski definition) is 3. The van der Waals surface area contributed by atoms with Crippen LogP contribution in [0, 0.1) is 18.8 Å². The van der Waals surface area contributed by atoms with Crippen molar-refractivity contribution in [3.05, 3.63) is 71.3 Å². The highest BCUT2D eigenvalue weighted by molar-refractivity contribution is 5.85. The maximum atomic E-state index is 12.4. The van der Waals surface area contributed by atoms with Crippen molar-refractivity contribution in [2.45, 2.75) is 19.4 Å². The lowest BCUT2D eigenvalue weighted by molar-refractivity contribution is -0.122. The van der Waals surface area contributed by atoms with Gasteiger partial charge in [0, 0.05) is 32.2 Å². The molecule has 4 nitrogen and oxygen atoms in total. The van der Waals surface area contributed by atoms with Crippen LogP contribution in [0.15, 0.2) is 54.6 Å². The van der Waals surface area contributed by atoms with Crippen molar-refractivity contribution in [3.63, 3.8) is 0 Å². The second-order valence-corrected chi connectivity index (χ2v) is 8.44. The second kappa shape index (κ2) is 9.75. The predicted molar refractivity (Wildman–Crippen MR) is 120 cm³/mol. The first kappa shape index (κ1) is 21.8. The van der Waals surface area contributed by atoms with Gasteiger partial charge in [0.15, 0.2) is 0 Å². The predicted octanol–water partition coefficient (Wildman–Crippen LogP) is 3.31. The number of carbonyl (C=O) groups excluding carboxylic acids is 1. The molecule has 4 rings (SSSR count). The van der Waals surface area contributed by atoms with Crippen molar-refractivity contribution in [2.75, 3.05) is 39.8 Å². The Balaban J connectivity index is 0.00000240. The van der Waals surface area contributed by atoms with Crippen LogP contribution in [-0.4, -0.2) is 55.5 Å². The fraction of sp³-hybridized carbons (Fsp3) is 0.458. The van der Waals surface area contributed by atoms with Gasteiger partial charge in [-0.15, -0.1) is 12.4 Å². The van der Waals surface area contributed by atoms with E-state index in [-0.39, 0.29) is 18.3 Å². The van der Waals surface area contributed by atoms with Gasteiger partial charge < -0.3 is 5.32 Å². The molecule has 0 aliphatic carbocycles. The van der Waals surface area contributed by atoms with Crippen LogP contribution in [0.5, 0.6) is 0 Å². The molecule has 2 saturated heterocycles. The minimum Gasteiger partial charge on any atom is -0.355 e. The van der Waals surface area contributed by atoms with Gasteiger partial charge >= 0.3 is 0 Å².